The van der Waals surface area contributed by atoms with Gasteiger partial charge >= 0.3 is 0 Å². The highest BCUT2D eigenvalue weighted by molar-refractivity contribution is 5.79. The zero-order valence-electron chi connectivity index (χ0n) is 14.7. The van der Waals surface area contributed by atoms with Crippen LogP contribution in [-0.2, 0) is 11.2 Å². The molecule has 0 unspecified atom stereocenters. The topological polar surface area (TPSA) is 50.5 Å². The number of aryl methyl sites for hydroxylation is 1. The van der Waals surface area contributed by atoms with E-state index in [9.17, 15) is 9.18 Å². The summed E-state index contributed by atoms with van der Waals surface area (Å²) in [6.07, 6.45) is 5.05. The molecule has 0 aliphatic carbocycles. The van der Waals surface area contributed by atoms with Gasteiger partial charge in [0.1, 0.15) is 5.82 Å². The molecule has 5 nitrogen and oxygen atoms in total. The summed E-state index contributed by atoms with van der Waals surface area (Å²) in [6, 6.07) is 10.0. The molecule has 1 saturated heterocycles. The zero-order chi connectivity index (χ0) is 18.1. The Morgan fingerprint density at radius 1 is 1.23 bits per heavy atom. The number of piperidine rings is 1. The summed E-state index contributed by atoms with van der Waals surface area (Å²) < 4.78 is 15.0. The molecule has 26 heavy (non-hydrogen) atoms. The number of hydrogen-bond acceptors (Lipinski definition) is 3. The van der Waals surface area contributed by atoms with Gasteiger partial charge in [-0.15, -0.1) is 0 Å². The lowest BCUT2D eigenvalue weighted by atomic mass is 9.98. The maximum Gasteiger partial charge on any atom is 0.227 e. The van der Waals surface area contributed by atoms with Gasteiger partial charge in [-0.2, -0.15) is 5.10 Å². The highest BCUT2D eigenvalue weighted by atomic mass is 19.1. The number of carbonyl (C=O) groups excluding carboxylic acids is 1. The molecule has 3 aromatic rings. The molecule has 1 aliphatic heterocycles. The van der Waals surface area contributed by atoms with E-state index in [-0.39, 0.29) is 24.2 Å². The van der Waals surface area contributed by atoms with Crippen molar-refractivity contribution >= 4 is 11.6 Å². The van der Waals surface area contributed by atoms with E-state index in [0.717, 1.165) is 48.4 Å². The minimum atomic E-state index is -0.287. The lowest BCUT2D eigenvalue weighted by Crippen LogP contribution is -2.40. The van der Waals surface area contributed by atoms with Crippen molar-refractivity contribution in [3.63, 3.8) is 0 Å². The van der Waals surface area contributed by atoms with Gasteiger partial charge in [-0.05, 0) is 49.9 Å². The van der Waals surface area contributed by atoms with Gasteiger partial charge in [0.25, 0.3) is 0 Å². The second-order valence-corrected chi connectivity index (χ2v) is 6.83. The zero-order valence-corrected chi connectivity index (χ0v) is 14.7. The minimum absolute atomic E-state index is 0.0125. The SMILES string of the molecule is Cc1cc2nccc([C@H]3CCCCN3C(=O)Cc3ccc(F)cc3)n2n1. The Labute approximate surface area is 151 Å². The molecule has 134 valence electrons. The van der Waals surface area contributed by atoms with E-state index in [1.165, 1.54) is 12.1 Å². The lowest BCUT2D eigenvalue weighted by molar-refractivity contribution is -0.134. The Bertz CT molecular complexity index is 935. The quantitative estimate of drug-likeness (QED) is 0.725. The Kier molecular flexibility index (Phi) is 4.41. The van der Waals surface area contributed by atoms with Crippen molar-refractivity contribution in [2.45, 2.75) is 38.6 Å². The summed E-state index contributed by atoms with van der Waals surface area (Å²) in [5.41, 5.74) is 3.53. The van der Waals surface area contributed by atoms with Gasteiger partial charge < -0.3 is 4.90 Å². The first-order valence-electron chi connectivity index (χ1n) is 8.97. The van der Waals surface area contributed by atoms with E-state index >= 15 is 0 Å². The number of rotatable bonds is 3. The standard InChI is InChI=1S/C20H21FN4O/c1-14-12-19-22-10-9-18(25(19)23-14)17-4-2-3-11-24(17)20(26)13-15-5-7-16(21)8-6-15/h5-10,12,17H,2-4,11,13H2,1H3/t17-/m1/s1. The Balaban J connectivity index is 1.63. The molecule has 0 spiro atoms. The number of carbonyl (C=O) groups is 1. The molecule has 0 bridgehead atoms. The van der Waals surface area contributed by atoms with Crippen LogP contribution in [0.2, 0.25) is 0 Å². The third-order valence-corrected chi connectivity index (χ3v) is 4.94. The molecule has 1 aromatic carbocycles. The van der Waals surface area contributed by atoms with Crippen LogP contribution in [0.5, 0.6) is 0 Å². The summed E-state index contributed by atoms with van der Waals surface area (Å²) in [6.45, 7) is 2.67. The van der Waals surface area contributed by atoms with Crippen LogP contribution in [0.15, 0.2) is 42.6 Å². The molecule has 2 aromatic heterocycles. The van der Waals surface area contributed by atoms with Crippen molar-refractivity contribution in [2.24, 2.45) is 0 Å². The van der Waals surface area contributed by atoms with Gasteiger partial charge in [0.2, 0.25) is 5.91 Å². The molecule has 6 heteroatoms. The molecule has 1 fully saturated rings. The smallest absolute Gasteiger partial charge is 0.227 e. The van der Waals surface area contributed by atoms with Crippen LogP contribution in [0.25, 0.3) is 5.65 Å². The van der Waals surface area contributed by atoms with Crippen molar-refractivity contribution in [3.05, 3.63) is 65.4 Å². The van der Waals surface area contributed by atoms with Crippen LogP contribution in [0.4, 0.5) is 4.39 Å². The van der Waals surface area contributed by atoms with E-state index in [1.807, 2.05) is 28.5 Å². The maximum absolute atomic E-state index is 13.1. The monoisotopic (exact) mass is 352 g/mol. The van der Waals surface area contributed by atoms with E-state index in [1.54, 1.807) is 18.3 Å². The third-order valence-electron chi connectivity index (χ3n) is 4.94. The van der Waals surface area contributed by atoms with Crippen molar-refractivity contribution in [1.29, 1.82) is 0 Å². The molecular weight excluding hydrogens is 331 g/mol. The fourth-order valence-electron chi connectivity index (χ4n) is 3.70. The maximum atomic E-state index is 13.1. The van der Waals surface area contributed by atoms with Gasteiger partial charge in [-0.25, -0.2) is 13.9 Å². The molecule has 0 saturated carbocycles. The number of benzene rings is 1. The lowest BCUT2D eigenvalue weighted by Gasteiger charge is -2.36. The fraction of sp³-hybridized carbons (Fsp3) is 0.350. The van der Waals surface area contributed by atoms with E-state index in [4.69, 9.17) is 0 Å². The van der Waals surface area contributed by atoms with Crippen molar-refractivity contribution in [3.8, 4) is 0 Å². The predicted molar refractivity (Wildman–Crippen MR) is 96.1 cm³/mol. The van der Waals surface area contributed by atoms with Crippen molar-refractivity contribution < 1.29 is 9.18 Å². The molecule has 1 aliphatic rings. The molecule has 0 N–H and O–H groups in total. The minimum Gasteiger partial charge on any atom is -0.334 e. The van der Waals surface area contributed by atoms with Gasteiger partial charge in [0, 0.05) is 18.8 Å². The van der Waals surface area contributed by atoms with E-state index in [2.05, 4.69) is 10.1 Å². The third kappa shape index (κ3) is 3.19. The van der Waals surface area contributed by atoms with Crippen LogP contribution in [-0.4, -0.2) is 31.9 Å². The van der Waals surface area contributed by atoms with Crippen LogP contribution < -0.4 is 0 Å². The first-order valence-corrected chi connectivity index (χ1v) is 8.97. The predicted octanol–water partition coefficient (Wildman–Crippen LogP) is 3.47. The number of likely N-dealkylation sites (tertiary alicyclic amines) is 1. The Morgan fingerprint density at radius 3 is 2.85 bits per heavy atom. The molecule has 1 amide bonds. The van der Waals surface area contributed by atoms with Crippen molar-refractivity contribution in [2.75, 3.05) is 6.54 Å². The summed E-state index contributed by atoms with van der Waals surface area (Å²) >= 11 is 0. The van der Waals surface area contributed by atoms with Crippen LogP contribution in [0.1, 0.15) is 42.3 Å². The average molecular weight is 352 g/mol. The van der Waals surface area contributed by atoms with Gasteiger partial charge in [-0.3, -0.25) is 4.79 Å². The van der Waals surface area contributed by atoms with E-state index < -0.39 is 0 Å². The highest BCUT2D eigenvalue weighted by Crippen LogP contribution is 2.31. The molecule has 1 atom stereocenters. The summed E-state index contributed by atoms with van der Waals surface area (Å²) in [7, 11) is 0. The molecule has 4 rings (SSSR count). The number of nitrogens with zero attached hydrogens (tertiary/aromatic N) is 4. The summed E-state index contributed by atoms with van der Waals surface area (Å²) in [4.78, 5) is 19.3. The van der Waals surface area contributed by atoms with Crippen molar-refractivity contribution in [1.82, 2.24) is 19.5 Å². The first kappa shape index (κ1) is 16.7. The van der Waals surface area contributed by atoms with Crippen LogP contribution in [0.3, 0.4) is 0 Å². The van der Waals surface area contributed by atoms with Gasteiger partial charge in [0.15, 0.2) is 5.65 Å². The van der Waals surface area contributed by atoms with Crippen LogP contribution in [0, 0.1) is 12.7 Å². The second-order valence-electron chi connectivity index (χ2n) is 6.83. The number of fused-ring (bicyclic) bond motifs is 1. The number of halogens is 1. The van der Waals surface area contributed by atoms with Gasteiger partial charge in [-0.1, -0.05) is 12.1 Å². The highest BCUT2D eigenvalue weighted by Gasteiger charge is 2.30. The Morgan fingerprint density at radius 2 is 2.04 bits per heavy atom. The number of aromatic nitrogens is 3. The largest absolute Gasteiger partial charge is 0.334 e. The fourth-order valence-corrected chi connectivity index (χ4v) is 3.70. The second kappa shape index (κ2) is 6.86. The molecule has 3 heterocycles. The van der Waals surface area contributed by atoms with Crippen LogP contribution >= 0.6 is 0 Å². The first-order chi connectivity index (χ1) is 12.6. The molecule has 0 radical (unpaired) electrons. The Hall–Kier alpha value is -2.76. The van der Waals surface area contributed by atoms with E-state index in [0.29, 0.717) is 0 Å². The number of hydrogen-bond donors (Lipinski definition) is 0. The summed E-state index contributed by atoms with van der Waals surface area (Å²) in [5.74, 6) is -0.222. The normalized spacial score (nSPS) is 17.6. The average Bonchev–Trinajstić information content (AvgIpc) is 3.04. The summed E-state index contributed by atoms with van der Waals surface area (Å²) in [5, 5.41) is 4.55. The van der Waals surface area contributed by atoms with Gasteiger partial charge in [0.05, 0.1) is 23.9 Å². The molecular formula is C20H21FN4O. The number of amides is 1.